The number of anilines is 12. The number of fused-ring (bicyclic) bond motifs is 8. The monoisotopic (exact) mass is 1280 g/mol. The largest absolute Gasteiger partial charge is 0.311 e. The van der Waals surface area contributed by atoms with E-state index in [1.807, 2.05) is 23.5 Å². The van der Waals surface area contributed by atoms with Crippen LogP contribution in [0.25, 0.3) is 44.5 Å². The van der Waals surface area contributed by atoms with Crippen LogP contribution in [0.4, 0.5) is 68.2 Å². The molecule has 15 aromatic rings. The second-order valence-corrected chi connectivity index (χ2v) is 27.6. The van der Waals surface area contributed by atoms with Gasteiger partial charge in [0.2, 0.25) is 13.4 Å². The highest BCUT2D eigenvalue weighted by Crippen LogP contribution is 2.54. The Labute approximate surface area is 581 Å². The molecule has 15 aromatic carbocycles. The molecule has 0 fully saturated rings. The lowest BCUT2D eigenvalue weighted by Crippen LogP contribution is -2.64. The highest BCUT2D eigenvalue weighted by atomic mass is 32.2. The molecule has 0 radical (unpaired) electrons. The molecule has 4 aliphatic rings. The van der Waals surface area contributed by atoms with Gasteiger partial charge in [-0.1, -0.05) is 301 Å². The van der Waals surface area contributed by atoms with Crippen LogP contribution >= 0.6 is 23.5 Å². The Balaban J connectivity index is 0.901. The molecule has 8 heteroatoms. The van der Waals surface area contributed by atoms with Gasteiger partial charge in [-0.05, 0) is 147 Å². The molecule has 4 heterocycles. The van der Waals surface area contributed by atoms with E-state index < -0.39 is 0 Å². The van der Waals surface area contributed by atoms with E-state index in [9.17, 15) is 0 Å². The van der Waals surface area contributed by atoms with Crippen molar-refractivity contribution >= 4 is 138 Å². The molecule has 0 atom stereocenters. The van der Waals surface area contributed by atoms with E-state index in [1.165, 1.54) is 74.9 Å². The Morgan fingerprint density at radius 1 is 0.235 bits per heavy atom. The van der Waals surface area contributed by atoms with E-state index in [4.69, 9.17) is 0 Å². The SMILES string of the molecule is c1ccc(-c2ccc(N(c3cc4c5c(c3)N(c3ccccc3)c3ccccc3B5c3cc5c(cc3S4)N(c3c(-c4ccccc4)cccc3-c3ccccc3)c3cc(N(c4ccccc4)c4ccccc4)cc4c3B5c3ccccc3S4)c3ccccc3-c3ccccc3)cc2)cc1. The molecule has 0 N–H and O–H groups in total. The summed E-state index contributed by atoms with van der Waals surface area (Å²) in [5.41, 5.74) is 30.5. The number of hydrogen-bond acceptors (Lipinski definition) is 6. The van der Waals surface area contributed by atoms with Crippen molar-refractivity contribution in [3.8, 4) is 44.5 Å². The number of benzene rings is 15. The molecule has 0 aliphatic carbocycles. The smallest absolute Gasteiger partial charge is 0.249 e. The van der Waals surface area contributed by atoms with Crippen LogP contribution in [-0.2, 0) is 0 Å². The lowest BCUT2D eigenvalue weighted by molar-refractivity contribution is 1.22. The minimum atomic E-state index is -0.117. The van der Waals surface area contributed by atoms with Gasteiger partial charge in [-0.15, -0.1) is 0 Å². The fourth-order valence-electron chi connectivity index (χ4n) is 15.7. The molecule has 0 saturated heterocycles. The van der Waals surface area contributed by atoms with Crippen LogP contribution in [0, 0.1) is 0 Å². The van der Waals surface area contributed by atoms with E-state index in [1.54, 1.807) is 0 Å². The first-order chi connectivity index (χ1) is 48.6. The first-order valence-corrected chi connectivity index (χ1v) is 35.3. The van der Waals surface area contributed by atoms with Gasteiger partial charge in [-0.2, -0.15) is 0 Å². The van der Waals surface area contributed by atoms with Gasteiger partial charge in [0, 0.05) is 93.1 Å². The molecule has 98 heavy (non-hydrogen) atoms. The van der Waals surface area contributed by atoms with Gasteiger partial charge in [0.1, 0.15) is 0 Å². The second kappa shape index (κ2) is 24.2. The van der Waals surface area contributed by atoms with Crippen molar-refractivity contribution in [2.75, 3.05) is 19.6 Å². The fourth-order valence-corrected chi connectivity index (χ4v) is 18.1. The van der Waals surface area contributed by atoms with Gasteiger partial charge >= 0.3 is 0 Å². The summed E-state index contributed by atoms with van der Waals surface area (Å²) in [4.78, 5) is 15.1. The molecule has 0 saturated carbocycles. The van der Waals surface area contributed by atoms with Crippen molar-refractivity contribution in [2.24, 2.45) is 0 Å². The van der Waals surface area contributed by atoms with Crippen molar-refractivity contribution in [1.82, 2.24) is 0 Å². The first-order valence-electron chi connectivity index (χ1n) is 33.6. The van der Waals surface area contributed by atoms with Gasteiger partial charge in [-0.25, -0.2) is 0 Å². The van der Waals surface area contributed by atoms with Gasteiger partial charge < -0.3 is 19.6 Å². The zero-order valence-corrected chi connectivity index (χ0v) is 55.0. The molecular weight excluding hydrogens is 1220 g/mol. The average Bonchev–Trinajstić information content (AvgIpc) is 0.695. The van der Waals surface area contributed by atoms with Crippen molar-refractivity contribution in [3.05, 3.63) is 364 Å². The highest BCUT2D eigenvalue weighted by molar-refractivity contribution is 8.00. The number of rotatable bonds is 12. The third-order valence-corrected chi connectivity index (χ3v) is 22.2. The molecule has 458 valence electrons. The number of nitrogens with zero attached hydrogens (tertiary/aromatic N) is 4. The second-order valence-electron chi connectivity index (χ2n) is 25.4. The molecule has 4 nitrogen and oxygen atoms in total. The zero-order valence-electron chi connectivity index (χ0n) is 53.4. The fraction of sp³-hybridized carbons (Fsp3) is 0. The van der Waals surface area contributed by atoms with Crippen molar-refractivity contribution in [2.45, 2.75) is 19.6 Å². The average molecular weight is 1280 g/mol. The molecule has 4 aliphatic heterocycles. The van der Waals surface area contributed by atoms with E-state index >= 15 is 0 Å². The maximum absolute atomic E-state index is 2.69. The zero-order chi connectivity index (χ0) is 64.6. The third-order valence-electron chi connectivity index (χ3n) is 19.9. The quantitative estimate of drug-likeness (QED) is 0.112. The summed E-state index contributed by atoms with van der Waals surface area (Å²) in [6.07, 6.45) is 0. The van der Waals surface area contributed by atoms with E-state index in [-0.39, 0.29) is 13.4 Å². The summed E-state index contributed by atoms with van der Waals surface area (Å²) >= 11 is 3.82. The predicted molar refractivity (Wildman–Crippen MR) is 417 cm³/mol. The van der Waals surface area contributed by atoms with Crippen LogP contribution in [0.2, 0.25) is 0 Å². The lowest BCUT2D eigenvalue weighted by atomic mass is 9.31. The molecule has 0 aromatic heterocycles. The molecular formula is C90H60B2N4S2. The summed E-state index contributed by atoms with van der Waals surface area (Å²) in [6.45, 7) is -0.220. The molecule has 0 unspecified atom stereocenters. The Hall–Kier alpha value is -11.7. The van der Waals surface area contributed by atoms with Crippen molar-refractivity contribution in [1.29, 1.82) is 0 Å². The van der Waals surface area contributed by atoms with Crippen LogP contribution in [0.15, 0.2) is 384 Å². The Morgan fingerprint density at radius 2 is 0.673 bits per heavy atom. The number of hydrogen-bond donors (Lipinski definition) is 0. The Bertz CT molecular complexity index is 5440. The standard InChI is InChI=1S/C90H60B2N4S2/c1-8-29-61(30-9-1)62-51-53-69(54-52-62)94(79-48-25-22-43-72(79)63-31-10-2-11-32-63)71-56-82-88-87(58-71)98-85-60-81-77(59-78(85)91(88)75-46-23-26-49-80(75)95(82)68-41-20-7-21-42-68)92-76-47-24-27-50-84(76)97-86-57-70(93(66-37-16-5-17-38-66)67-39-18-6-19-40-67)55-83(89(86)92)96(81)90-73(64-33-12-3-13-34-64)44-28-45-74(90)65-35-14-4-15-36-65/h1-60H. The third kappa shape index (κ3) is 9.73. The Kier molecular flexibility index (Phi) is 14.3. The summed E-state index contributed by atoms with van der Waals surface area (Å²) in [6, 6.07) is 135. The van der Waals surface area contributed by atoms with Crippen LogP contribution in [0.5, 0.6) is 0 Å². The predicted octanol–water partition coefficient (Wildman–Crippen LogP) is 20.8. The summed E-state index contributed by atoms with van der Waals surface area (Å²) < 4.78 is 0. The normalized spacial score (nSPS) is 12.7. The molecule has 0 spiro atoms. The maximum atomic E-state index is 2.69. The van der Waals surface area contributed by atoms with E-state index in [0.29, 0.717) is 0 Å². The summed E-state index contributed by atoms with van der Waals surface area (Å²) in [5.74, 6) is 0. The van der Waals surface area contributed by atoms with Crippen molar-refractivity contribution in [3.63, 3.8) is 0 Å². The number of para-hydroxylation sites is 6. The molecule has 0 bridgehead atoms. The van der Waals surface area contributed by atoms with Gasteiger partial charge in [0.15, 0.2) is 0 Å². The van der Waals surface area contributed by atoms with Crippen LogP contribution in [0.1, 0.15) is 0 Å². The van der Waals surface area contributed by atoms with Crippen LogP contribution in [0.3, 0.4) is 0 Å². The first kappa shape index (κ1) is 57.7. The van der Waals surface area contributed by atoms with E-state index in [2.05, 4.69) is 384 Å². The van der Waals surface area contributed by atoms with E-state index in [0.717, 1.165) is 90.3 Å². The molecule has 0 amide bonds. The topological polar surface area (TPSA) is 13.0 Å². The summed E-state index contributed by atoms with van der Waals surface area (Å²) in [7, 11) is 0. The Morgan fingerprint density at radius 3 is 1.29 bits per heavy atom. The highest BCUT2D eigenvalue weighted by Gasteiger charge is 2.47. The van der Waals surface area contributed by atoms with Crippen LogP contribution in [-0.4, -0.2) is 13.4 Å². The van der Waals surface area contributed by atoms with Crippen LogP contribution < -0.4 is 52.4 Å². The van der Waals surface area contributed by atoms with Crippen molar-refractivity contribution < 1.29 is 0 Å². The minimum Gasteiger partial charge on any atom is -0.311 e. The minimum absolute atomic E-state index is 0.103. The maximum Gasteiger partial charge on any atom is 0.249 e. The summed E-state index contributed by atoms with van der Waals surface area (Å²) in [5, 5.41) is 0. The van der Waals surface area contributed by atoms with Gasteiger partial charge in [0.25, 0.3) is 0 Å². The molecule has 19 rings (SSSR count). The van der Waals surface area contributed by atoms with Gasteiger partial charge in [-0.3, -0.25) is 0 Å². The van der Waals surface area contributed by atoms with Gasteiger partial charge in [0.05, 0.1) is 11.4 Å². The lowest BCUT2D eigenvalue weighted by Gasteiger charge is -2.44.